The molecule has 0 amide bonds. The largest absolute Gasteiger partial charge is 0.297 e. The van der Waals surface area contributed by atoms with Crippen LogP contribution in [-0.4, -0.2) is 38.9 Å². The fourth-order valence-electron chi connectivity index (χ4n) is 2.36. The van der Waals surface area contributed by atoms with E-state index in [1.54, 1.807) is 18.2 Å². The summed E-state index contributed by atoms with van der Waals surface area (Å²) >= 11 is 6.22. The quantitative estimate of drug-likeness (QED) is 0.898. The third kappa shape index (κ3) is 3.76. The standard InChI is InChI=1S/C14H21ClN2O3S/c1-10(2)8-16-21(18,19)13-9-20-17(3)14(13)11-6-4-5-7-12(11)15/h4-7,10,13-14,16H,8-9H2,1-3H3. The van der Waals surface area contributed by atoms with Gasteiger partial charge in [0.1, 0.15) is 5.25 Å². The molecule has 1 aromatic rings. The SMILES string of the molecule is CC(C)CNS(=O)(=O)C1CON(C)C1c1ccccc1Cl. The molecular weight excluding hydrogens is 312 g/mol. The number of rotatable bonds is 5. The third-order valence-corrected chi connectivity index (χ3v) is 5.61. The Morgan fingerprint density at radius 3 is 2.71 bits per heavy atom. The molecule has 5 nitrogen and oxygen atoms in total. The van der Waals surface area contributed by atoms with Crippen LogP contribution >= 0.6 is 11.6 Å². The summed E-state index contributed by atoms with van der Waals surface area (Å²) in [5.41, 5.74) is 0.763. The normalized spacial score (nSPS) is 23.9. The number of halogens is 1. The highest BCUT2D eigenvalue weighted by molar-refractivity contribution is 7.90. The summed E-state index contributed by atoms with van der Waals surface area (Å²) in [6, 6.07) is 6.85. The number of nitrogens with zero attached hydrogens (tertiary/aromatic N) is 1. The van der Waals surface area contributed by atoms with E-state index in [2.05, 4.69) is 4.72 Å². The number of benzene rings is 1. The lowest BCUT2D eigenvalue weighted by atomic mass is 10.0. The van der Waals surface area contributed by atoms with E-state index in [0.717, 1.165) is 5.56 Å². The molecule has 1 fully saturated rings. The van der Waals surface area contributed by atoms with Crippen LogP contribution < -0.4 is 4.72 Å². The summed E-state index contributed by atoms with van der Waals surface area (Å²) in [4.78, 5) is 5.44. The van der Waals surface area contributed by atoms with Crippen molar-refractivity contribution in [2.75, 3.05) is 20.2 Å². The smallest absolute Gasteiger partial charge is 0.218 e. The van der Waals surface area contributed by atoms with E-state index in [4.69, 9.17) is 16.4 Å². The first kappa shape index (κ1) is 16.7. The van der Waals surface area contributed by atoms with Crippen LogP contribution in [0.4, 0.5) is 0 Å². The van der Waals surface area contributed by atoms with E-state index < -0.39 is 21.3 Å². The average molecular weight is 333 g/mol. The maximum absolute atomic E-state index is 12.5. The Morgan fingerprint density at radius 1 is 1.43 bits per heavy atom. The fourth-order valence-corrected chi connectivity index (χ4v) is 4.28. The highest BCUT2D eigenvalue weighted by Crippen LogP contribution is 2.36. The molecule has 0 radical (unpaired) electrons. The van der Waals surface area contributed by atoms with Gasteiger partial charge in [-0.05, 0) is 17.5 Å². The maximum Gasteiger partial charge on any atom is 0.218 e. The van der Waals surface area contributed by atoms with Crippen molar-refractivity contribution in [2.45, 2.75) is 25.1 Å². The van der Waals surface area contributed by atoms with Gasteiger partial charge in [0, 0.05) is 18.6 Å². The number of sulfonamides is 1. The lowest BCUT2D eigenvalue weighted by molar-refractivity contribution is -0.110. The first-order valence-electron chi connectivity index (χ1n) is 6.91. The van der Waals surface area contributed by atoms with Gasteiger partial charge in [-0.1, -0.05) is 43.6 Å². The Kier molecular flexibility index (Phi) is 5.27. The number of hydroxylamine groups is 2. The summed E-state index contributed by atoms with van der Waals surface area (Å²) in [5, 5.41) is 1.44. The Hall–Kier alpha value is -0.660. The van der Waals surface area contributed by atoms with Crippen LogP contribution in [0.3, 0.4) is 0 Å². The zero-order valence-electron chi connectivity index (χ0n) is 12.4. The first-order chi connectivity index (χ1) is 9.83. The van der Waals surface area contributed by atoms with Crippen LogP contribution in [0.2, 0.25) is 5.02 Å². The molecule has 0 saturated carbocycles. The van der Waals surface area contributed by atoms with Crippen molar-refractivity contribution in [3.8, 4) is 0 Å². The zero-order valence-corrected chi connectivity index (χ0v) is 14.0. The summed E-state index contributed by atoms with van der Waals surface area (Å²) in [6.07, 6.45) is 0. The van der Waals surface area contributed by atoms with Crippen molar-refractivity contribution in [3.05, 3.63) is 34.9 Å². The third-order valence-electron chi connectivity index (χ3n) is 3.50. The van der Waals surface area contributed by atoms with Crippen molar-refractivity contribution in [2.24, 2.45) is 5.92 Å². The summed E-state index contributed by atoms with van der Waals surface area (Å²) in [5.74, 6) is 0.249. The van der Waals surface area contributed by atoms with E-state index >= 15 is 0 Å². The second kappa shape index (κ2) is 6.62. The monoisotopic (exact) mass is 332 g/mol. The second-order valence-corrected chi connectivity index (χ2v) is 8.03. The van der Waals surface area contributed by atoms with Gasteiger partial charge in [0.15, 0.2) is 0 Å². The molecule has 0 aromatic heterocycles. The molecule has 1 aliphatic heterocycles. The molecule has 118 valence electrons. The van der Waals surface area contributed by atoms with Crippen LogP contribution in [0.25, 0.3) is 0 Å². The van der Waals surface area contributed by atoms with Crippen molar-refractivity contribution >= 4 is 21.6 Å². The van der Waals surface area contributed by atoms with Gasteiger partial charge in [-0.25, -0.2) is 13.1 Å². The molecular formula is C14H21ClN2O3S. The summed E-state index contributed by atoms with van der Waals surface area (Å²) < 4.78 is 27.7. The van der Waals surface area contributed by atoms with E-state index in [0.29, 0.717) is 11.6 Å². The van der Waals surface area contributed by atoms with E-state index in [9.17, 15) is 8.42 Å². The Bertz CT molecular complexity index is 592. The van der Waals surface area contributed by atoms with Gasteiger partial charge in [-0.3, -0.25) is 4.84 Å². The van der Waals surface area contributed by atoms with Crippen LogP contribution in [0.15, 0.2) is 24.3 Å². The minimum absolute atomic E-state index is 0.125. The molecule has 7 heteroatoms. The highest BCUT2D eigenvalue weighted by atomic mass is 35.5. The Labute approximate surface area is 131 Å². The number of hydrogen-bond donors (Lipinski definition) is 1. The van der Waals surface area contributed by atoms with Crippen LogP contribution in [0.1, 0.15) is 25.5 Å². The molecule has 1 saturated heterocycles. The van der Waals surface area contributed by atoms with Crippen LogP contribution in [0, 0.1) is 5.92 Å². The van der Waals surface area contributed by atoms with Gasteiger partial charge in [-0.15, -0.1) is 0 Å². The lowest BCUT2D eigenvalue weighted by Gasteiger charge is -2.24. The van der Waals surface area contributed by atoms with Crippen molar-refractivity contribution in [1.82, 2.24) is 9.79 Å². The molecule has 1 aliphatic rings. The van der Waals surface area contributed by atoms with Gasteiger partial charge >= 0.3 is 0 Å². The molecule has 2 unspecified atom stereocenters. The highest BCUT2D eigenvalue weighted by Gasteiger charge is 2.43. The minimum Gasteiger partial charge on any atom is -0.297 e. The Balaban J connectivity index is 2.29. The topological polar surface area (TPSA) is 58.6 Å². The first-order valence-corrected chi connectivity index (χ1v) is 8.84. The van der Waals surface area contributed by atoms with Crippen LogP contribution in [0.5, 0.6) is 0 Å². The molecule has 0 spiro atoms. The number of nitrogens with one attached hydrogen (secondary N) is 1. The van der Waals surface area contributed by atoms with Gasteiger partial charge < -0.3 is 0 Å². The summed E-state index contributed by atoms with van der Waals surface area (Å²) in [6.45, 7) is 4.47. The molecule has 1 N–H and O–H groups in total. The van der Waals surface area contributed by atoms with E-state index in [1.165, 1.54) is 0 Å². The van der Waals surface area contributed by atoms with E-state index in [1.807, 2.05) is 32.0 Å². The van der Waals surface area contributed by atoms with Gasteiger partial charge in [0.2, 0.25) is 10.0 Å². The molecule has 0 bridgehead atoms. The maximum atomic E-state index is 12.5. The molecule has 1 aromatic carbocycles. The molecule has 2 atom stereocenters. The van der Waals surface area contributed by atoms with Crippen molar-refractivity contribution < 1.29 is 13.3 Å². The van der Waals surface area contributed by atoms with Crippen molar-refractivity contribution in [3.63, 3.8) is 0 Å². The fraction of sp³-hybridized carbons (Fsp3) is 0.571. The molecule has 2 rings (SSSR count). The zero-order chi connectivity index (χ0) is 15.6. The van der Waals surface area contributed by atoms with Gasteiger partial charge in [0.25, 0.3) is 0 Å². The van der Waals surface area contributed by atoms with Gasteiger partial charge in [-0.2, -0.15) is 5.06 Å². The average Bonchev–Trinajstić information content (AvgIpc) is 2.80. The Morgan fingerprint density at radius 2 is 2.10 bits per heavy atom. The molecule has 0 aliphatic carbocycles. The lowest BCUT2D eigenvalue weighted by Crippen LogP contribution is -2.40. The van der Waals surface area contributed by atoms with Gasteiger partial charge in [0.05, 0.1) is 12.6 Å². The van der Waals surface area contributed by atoms with Crippen molar-refractivity contribution in [1.29, 1.82) is 0 Å². The predicted molar refractivity (Wildman–Crippen MR) is 83.5 cm³/mol. The summed E-state index contributed by atoms with van der Waals surface area (Å²) in [7, 11) is -1.75. The predicted octanol–water partition coefficient (Wildman–Crippen LogP) is 2.20. The molecule has 21 heavy (non-hydrogen) atoms. The van der Waals surface area contributed by atoms with E-state index in [-0.39, 0.29) is 12.5 Å². The minimum atomic E-state index is -3.48. The number of hydrogen-bond acceptors (Lipinski definition) is 4. The molecule has 1 heterocycles. The van der Waals surface area contributed by atoms with Crippen LogP contribution in [-0.2, 0) is 14.9 Å². The second-order valence-electron chi connectivity index (χ2n) is 5.63.